The third-order valence-electron chi connectivity index (χ3n) is 1.76. The molecule has 0 amide bonds. The Morgan fingerprint density at radius 3 is 2.00 bits per heavy atom. The zero-order valence-corrected chi connectivity index (χ0v) is 7.26. The first kappa shape index (κ1) is 8.34. The first-order valence-electron chi connectivity index (χ1n) is 3.79. The summed E-state index contributed by atoms with van der Waals surface area (Å²) in [7, 11) is 2.04. The number of rotatable bonds is 1. The fraction of sp³-hybridized carbons (Fsp3) is 0.333. The van der Waals surface area contributed by atoms with Crippen LogP contribution in [0.1, 0.15) is 19.4 Å². The van der Waals surface area contributed by atoms with Crippen LogP contribution in [0.2, 0.25) is 0 Å². The maximum Gasteiger partial charge on any atom is 0.139 e. The lowest BCUT2D eigenvalue weighted by molar-refractivity contribution is 0.0786. The lowest BCUT2D eigenvalue weighted by Gasteiger charge is -2.17. The molecule has 0 spiro atoms. The van der Waals surface area contributed by atoms with Crippen LogP contribution in [0.5, 0.6) is 0 Å². The van der Waals surface area contributed by atoms with Crippen molar-refractivity contribution >= 4 is 13.3 Å². The van der Waals surface area contributed by atoms with Gasteiger partial charge in [0.15, 0.2) is 0 Å². The van der Waals surface area contributed by atoms with Gasteiger partial charge in [0.25, 0.3) is 0 Å². The highest BCUT2D eigenvalue weighted by Crippen LogP contribution is 2.17. The van der Waals surface area contributed by atoms with Gasteiger partial charge in [-0.3, -0.25) is 0 Å². The molecule has 11 heavy (non-hydrogen) atoms. The zero-order valence-electron chi connectivity index (χ0n) is 7.26. The number of hydrogen-bond donors (Lipinski definition) is 1. The van der Waals surface area contributed by atoms with E-state index in [-0.39, 0.29) is 0 Å². The van der Waals surface area contributed by atoms with Crippen molar-refractivity contribution in [2.45, 2.75) is 19.4 Å². The third kappa shape index (κ3) is 2.09. The fourth-order valence-electron chi connectivity index (χ4n) is 0.961. The largest absolute Gasteiger partial charge is 0.386 e. The van der Waals surface area contributed by atoms with Gasteiger partial charge < -0.3 is 5.11 Å². The summed E-state index contributed by atoms with van der Waals surface area (Å²) in [4.78, 5) is 0. The van der Waals surface area contributed by atoms with Crippen molar-refractivity contribution in [2.75, 3.05) is 0 Å². The maximum absolute atomic E-state index is 9.58. The Labute approximate surface area is 68.5 Å². The van der Waals surface area contributed by atoms with Gasteiger partial charge in [0.1, 0.15) is 7.85 Å². The lowest BCUT2D eigenvalue weighted by Crippen LogP contribution is -2.16. The molecule has 0 saturated heterocycles. The predicted molar refractivity (Wildman–Crippen MR) is 49.9 cm³/mol. The Kier molecular flexibility index (Phi) is 2.05. The summed E-state index contributed by atoms with van der Waals surface area (Å²) < 4.78 is 0. The van der Waals surface area contributed by atoms with Crippen LogP contribution in [0.15, 0.2) is 24.3 Å². The molecule has 0 unspecified atom stereocenters. The van der Waals surface area contributed by atoms with Gasteiger partial charge in [0.2, 0.25) is 0 Å². The van der Waals surface area contributed by atoms with Gasteiger partial charge >= 0.3 is 0 Å². The van der Waals surface area contributed by atoms with Gasteiger partial charge in [-0.1, -0.05) is 29.7 Å². The lowest BCUT2D eigenvalue weighted by atomic mass is 9.91. The van der Waals surface area contributed by atoms with Crippen molar-refractivity contribution in [1.82, 2.24) is 0 Å². The Bertz CT molecular complexity index is 233. The van der Waals surface area contributed by atoms with E-state index < -0.39 is 5.60 Å². The van der Waals surface area contributed by atoms with Crippen molar-refractivity contribution in [3.8, 4) is 0 Å². The van der Waals surface area contributed by atoms with E-state index in [2.05, 4.69) is 0 Å². The molecule has 0 aliphatic heterocycles. The van der Waals surface area contributed by atoms with Crippen LogP contribution in [0.4, 0.5) is 0 Å². The average Bonchev–Trinajstić information content (AvgIpc) is 1.86. The third-order valence-corrected chi connectivity index (χ3v) is 1.76. The number of hydrogen-bond acceptors (Lipinski definition) is 1. The van der Waals surface area contributed by atoms with Crippen molar-refractivity contribution in [3.63, 3.8) is 0 Å². The first-order chi connectivity index (χ1) is 5.00. The van der Waals surface area contributed by atoms with E-state index >= 15 is 0 Å². The Balaban J connectivity index is 2.99. The number of aliphatic hydroxyl groups is 1. The summed E-state index contributed by atoms with van der Waals surface area (Å²) in [5.74, 6) is 0. The minimum atomic E-state index is -0.715. The molecule has 0 aliphatic rings. The molecular weight excluding hydrogens is 135 g/mol. The summed E-state index contributed by atoms with van der Waals surface area (Å²) in [5.41, 5.74) is 1.47. The molecule has 0 radical (unpaired) electrons. The van der Waals surface area contributed by atoms with Gasteiger partial charge in [0, 0.05) is 0 Å². The van der Waals surface area contributed by atoms with E-state index in [4.69, 9.17) is 0 Å². The van der Waals surface area contributed by atoms with E-state index in [1.54, 1.807) is 13.8 Å². The average molecular weight is 148 g/mol. The quantitative estimate of drug-likeness (QED) is 0.563. The van der Waals surface area contributed by atoms with Crippen LogP contribution in [0.25, 0.3) is 0 Å². The fourth-order valence-corrected chi connectivity index (χ4v) is 0.961. The van der Waals surface area contributed by atoms with Gasteiger partial charge in [-0.2, -0.15) is 0 Å². The van der Waals surface area contributed by atoms with Crippen LogP contribution in [0.3, 0.4) is 0 Å². The van der Waals surface area contributed by atoms with Crippen molar-refractivity contribution in [1.29, 1.82) is 0 Å². The molecule has 1 aromatic rings. The molecule has 0 saturated carbocycles. The monoisotopic (exact) mass is 148 g/mol. The topological polar surface area (TPSA) is 20.2 Å². The second-order valence-corrected chi connectivity index (χ2v) is 3.43. The molecule has 1 N–H and O–H groups in total. The molecule has 1 aromatic carbocycles. The normalized spacial score (nSPS) is 11.5. The van der Waals surface area contributed by atoms with Crippen LogP contribution in [-0.2, 0) is 5.60 Å². The van der Waals surface area contributed by atoms with E-state index in [1.165, 1.54) is 5.46 Å². The molecule has 0 fully saturated rings. The van der Waals surface area contributed by atoms with Crippen LogP contribution in [0, 0.1) is 0 Å². The molecule has 0 heterocycles. The molecule has 0 bridgehead atoms. The van der Waals surface area contributed by atoms with Crippen LogP contribution < -0.4 is 5.46 Å². The summed E-state index contributed by atoms with van der Waals surface area (Å²) in [6.45, 7) is 3.58. The van der Waals surface area contributed by atoms with Crippen molar-refractivity contribution < 1.29 is 5.11 Å². The maximum atomic E-state index is 9.58. The molecule has 2 heteroatoms. The van der Waals surface area contributed by atoms with Gasteiger partial charge in [0.05, 0.1) is 5.60 Å². The summed E-state index contributed by atoms with van der Waals surface area (Å²) >= 11 is 0. The van der Waals surface area contributed by atoms with Gasteiger partial charge in [-0.25, -0.2) is 0 Å². The minimum Gasteiger partial charge on any atom is -0.386 e. The minimum absolute atomic E-state index is 0.715. The van der Waals surface area contributed by atoms with Crippen molar-refractivity contribution in [2.24, 2.45) is 0 Å². The van der Waals surface area contributed by atoms with Crippen LogP contribution in [-0.4, -0.2) is 13.0 Å². The molecule has 0 aromatic heterocycles. The Morgan fingerprint density at radius 2 is 1.64 bits per heavy atom. The van der Waals surface area contributed by atoms with E-state index in [1.807, 2.05) is 32.1 Å². The van der Waals surface area contributed by atoms with E-state index in [9.17, 15) is 5.11 Å². The predicted octanol–water partition coefficient (Wildman–Crippen LogP) is 0.172. The Morgan fingerprint density at radius 1 is 1.18 bits per heavy atom. The highest BCUT2D eigenvalue weighted by atomic mass is 16.3. The van der Waals surface area contributed by atoms with E-state index in [0.717, 1.165) is 5.56 Å². The first-order valence-corrected chi connectivity index (χ1v) is 3.79. The number of benzene rings is 1. The zero-order chi connectivity index (χ0) is 8.48. The second-order valence-electron chi connectivity index (χ2n) is 3.43. The van der Waals surface area contributed by atoms with E-state index in [0.29, 0.717) is 0 Å². The van der Waals surface area contributed by atoms with Gasteiger partial charge in [-0.05, 0) is 19.4 Å². The molecule has 0 aliphatic carbocycles. The smallest absolute Gasteiger partial charge is 0.139 e. The molecule has 0 atom stereocenters. The standard InChI is InChI=1S/C9H13BO/c1-9(2,11)7-3-5-8(10)6-4-7/h3-6,11H,10H2,1-2H3. The summed E-state index contributed by atoms with van der Waals surface area (Å²) in [6.07, 6.45) is 0. The molecule has 1 rings (SSSR count). The van der Waals surface area contributed by atoms with Gasteiger partial charge in [-0.15, -0.1) is 0 Å². The summed E-state index contributed by atoms with van der Waals surface area (Å²) in [5, 5.41) is 9.58. The second kappa shape index (κ2) is 2.70. The Hall–Kier alpha value is -0.755. The summed E-state index contributed by atoms with van der Waals surface area (Å²) in [6, 6.07) is 7.92. The molecule has 1 nitrogen and oxygen atoms in total. The van der Waals surface area contributed by atoms with Crippen molar-refractivity contribution in [3.05, 3.63) is 29.8 Å². The van der Waals surface area contributed by atoms with Crippen LogP contribution >= 0.6 is 0 Å². The highest BCUT2D eigenvalue weighted by molar-refractivity contribution is 6.32. The SMILES string of the molecule is Bc1ccc(C(C)(C)O)cc1. The molecular formula is C9H13BO. The highest BCUT2D eigenvalue weighted by Gasteiger charge is 2.14. The molecule has 58 valence electrons.